The normalized spacial score (nSPS) is 12.1. The molecule has 3 aromatic rings. The van der Waals surface area contributed by atoms with Gasteiger partial charge in [0.1, 0.15) is 23.2 Å². The van der Waals surface area contributed by atoms with Crippen LogP contribution in [0.2, 0.25) is 6.04 Å². The number of hydrogen-bond donors (Lipinski definition) is 0. The van der Waals surface area contributed by atoms with Crippen molar-refractivity contribution in [2.24, 2.45) is 0 Å². The van der Waals surface area contributed by atoms with Crippen molar-refractivity contribution in [2.75, 3.05) is 6.16 Å². The van der Waals surface area contributed by atoms with Gasteiger partial charge >= 0.3 is 6.00 Å². The molecule has 0 atom stereocenters. The lowest BCUT2D eigenvalue weighted by molar-refractivity contribution is 1.08. The summed E-state index contributed by atoms with van der Waals surface area (Å²) in [5.74, 6) is 0. The van der Waals surface area contributed by atoms with Gasteiger partial charge in [-0.2, -0.15) is 0 Å². The van der Waals surface area contributed by atoms with Crippen LogP contribution in [-0.2, 0) is 0 Å². The van der Waals surface area contributed by atoms with E-state index in [1.807, 2.05) is 0 Å². The summed E-state index contributed by atoms with van der Waals surface area (Å²) in [5, 5.41) is 4.13. The van der Waals surface area contributed by atoms with Gasteiger partial charge in [-0.1, -0.05) is 54.6 Å². The third-order valence-corrected chi connectivity index (χ3v) is 11.7. The highest BCUT2D eigenvalue weighted by atomic mass is 35.8. The Morgan fingerprint density at radius 3 is 1.23 bits per heavy atom. The first-order valence-electron chi connectivity index (χ1n) is 8.64. The van der Waals surface area contributed by atoms with E-state index in [0.717, 1.165) is 12.6 Å². The van der Waals surface area contributed by atoms with E-state index in [4.69, 9.17) is 33.2 Å². The molecule has 0 fully saturated rings. The molecule has 3 rings (SSSR count). The summed E-state index contributed by atoms with van der Waals surface area (Å²) in [4.78, 5) is 0. The van der Waals surface area contributed by atoms with Gasteiger partial charge in [0.15, 0.2) is 0 Å². The largest absolute Gasteiger partial charge is 0.341 e. The molecule has 0 N–H and O–H groups in total. The minimum absolute atomic E-state index is 0.686. The minimum atomic E-state index is -2.63. The number of benzene rings is 3. The summed E-state index contributed by atoms with van der Waals surface area (Å²) in [6, 6.07) is 30.5. The van der Waals surface area contributed by atoms with E-state index in [1.165, 1.54) is 15.9 Å². The Morgan fingerprint density at radius 1 is 0.577 bits per heavy atom. The Labute approximate surface area is 171 Å². The fraction of sp³-hybridized carbons (Fsp3) is 0.143. The zero-order valence-electron chi connectivity index (χ0n) is 14.4. The van der Waals surface area contributed by atoms with Crippen LogP contribution in [-0.4, -0.2) is 12.2 Å². The lowest BCUT2D eigenvalue weighted by Crippen LogP contribution is -2.33. The van der Waals surface area contributed by atoms with Crippen LogP contribution < -0.4 is 15.9 Å². The van der Waals surface area contributed by atoms with Crippen LogP contribution >= 0.6 is 40.5 Å². The molecule has 0 amide bonds. The van der Waals surface area contributed by atoms with Crippen molar-refractivity contribution in [1.29, 1.82) is 0 Å². The van der Waals surface area contributed by atoms with Gasteiger partial charge in [-0.3, -0.25) is 0 Å². The average Bonchev–Trinajstić information content (AvgIpc) is 2.67. The van der Waals surface area contributed by atoms with Crippen LogP contribution in [0.15, 0.2) is 91.0 Å². The van der Waals surface area contributed by atoms with E-state index in [2.05, 4.69) is 91.0 Å². The Bertz CT molecular complexity index is 708. The van der Waals surface area contributed by atoms with Gasteiger partial charge in [0.25, 0.3) is 0 Å². The van der Waals surface area contributed by atoms with Crippen LogP contribution in [0.5, 0.6) is 0 Å². The third kappa shape index (κ3) is 4.71. The van der Waals surface area contributed by atoms with Crippen LogP contribution in [0.4, 0.5) is 0 Å². The maximum Gasteiger partial charge on any atom is 0.341 e. The molecule has 0 aliphatic carbocycles. The summed E-state index contributed by atoms with van der Waals surface area (Å²) in [5.41, 5.74) is 0. The lowest BCUT2D eigenvalue weighted by atomic mass is 10.4. The first-order chi connectivity index (χ1) is 12.5. The SMILES string of the molecule is Cl[Si](Cl)(Cl)CCC[P+](c1ccccc1)(c1ccccc1)c1ccccc1. The molecule has 3 aromatic carbocycles. The molecule has 5 heteroatoms. The molecule has 26 heavy (non-hydrogen) atoms. The summed E-state index contributed by atoms with van der Waals surface area (Å²) < 4.78 is 0. The van der Waals surface area contributed by atoms with Gasteiger partial charge in [-0.25, -0.2) is 0 Å². The molecule has 0 radical (unpaired) electrons. The Hall–Kier alpha value is -0.823. The van der Waals surface area contributed by atoms with Crippen molar-refractivity contribution >= 4 is 62.4 Å². The van der Waals surface area contributed by atoms with Crippen LogP contribution in [0.25, 0.3) is 0 Å². The quantitative estimate of drug-likeness (QED) is 0.240. The van der Waals surface area contributed by atoms with Gasteiger partial charge in [0.05, 0.1) is 6.16 Å². The molecule has 0 aromatic heterocycles. The van der Waals surface area contributed by atoms with E-state index in [9.17, 15) is 0 Å². The summed E-state index contributed by atoms with van der Waals surface area (Å²) in [7, 11) is -1.79. The van der Waals surface area contributed by atoms with E-state index in [-0.39, 0.29) is 0 Å². The minimum Gasteiger partial charge on any atom is -0.126 e. The predicted molar refractivity (Wildman–Crippen MR) is 123 cm³/mol. The average molecular weight is 439 g/mol. The Balaban J connectivity index is 2.15. The summed E-state index contributed by atoms with van der Waals surface area (Å²) >= 11 is 18.5. The van der Waals surface area contributed by atoms with Crippen molar-refractivity contribution in [3.63, 3.8) is 0 Å². The van der Waals surface area contributed by atoms with Crippen LogP contribution in [0.1, 0.15) is 6.42 Å². The van der Waals surface area contributed by atoms with E-state index < -0.39 is 13.3 Å². The third-order valence-electron chi connectivity index (χ3n) is 4.54. The second kappa shape index (κ2) is 8.91. The maximum atomic E-state index is 6.18. The molecular weight excluding hydrogens is 418 g/mol. The highest BCUT2D eigenvalue weighted by Crippen LogP contribution is 2.56. The number of hydrogen-bond acceptors (Lipinski definition) is 0. The molecule has 0 nitrogen and oxygen atoms in total. The molecule has 0 bridgehead atoms. The van der Waals surface area contributed by atoms with Crippen molar-refractivity contribution in [2.45, 2.75) is 12.5 Å². The topological polar surface area (TPSA) is 0 Å². The Kier molecular flexibility index (Phi) is 6.83. The number of rotatable bonds is 7. The first kappa shape index (κ1) is 19.9. The van der Waals surface area contributed by atoms with Crippen molar-refractivity contribution in [1.82, 2.24) is 0 Å². The summed E-state index contributed by atoms with van der Waals surface area (Å²) in [6.45, 7) is 0. The van der Waals surface area contributed by atoms with Gasteiger partial charge in [-0.05, 0) is 48.9 Å². The van der Waals surface area contributed by atoms with Gasteiger partial charge in [-0.15, -0.1) is 33.2 Å². The predicted octanol–water partition coefficient (Wildman–Crippen LogP) is 6.03. The molecule has 0 aliphatic heterocycles. The first-order valence-corrected chi connectivity index (χ1v) is 15.9. The van der Waals surface area contributed by atoms with Crippen molar-refractivity contribution in [3.05, 3.63) is 91.0 Å². The zero-order valence-corrected chi connectivity index (χ0v) is 18.5. The molecular formula is C21H21Cl3PSi+. The van der Waals surface area contributed by atoms with E-state index in [0.29, 0.717) is 6.04 Å². The molecule has 134 valence electrons. The standard InChI is InChI=1S/C21H21Cl3PSi/c22-26(23,24)18-10-17-25(19-11-4-1-5-12-19,20-13-6-2-7-14-20)21-15-8-3-9-16-21/h1-9,11-16H,10,17-18H2/q+1. The van der Waals surface area contributed by atoms with Crippen LogP contribution in [0, 0.1) is 0 Å². The van der Waals surface area contributed by atoms with E-state index in [1.54, 1.807) is 0 Å². The van der Waals surface area contributed by atoms with Gasteiger partial charge < -0.3 is 0 Å². The Morgan fingerprint density at radius 2 is 0.923 bits per heavy atom. The molecule has 0 aliphatic rings. The van der Waals surface area contributed by atoms with Crippen molar-refractivity contribution in [3.8, 4) is 0 Å². The smallest absolute Gasteiger partial charge is 0.126 e. The second-order valence-corrected chi connectivity index (χ2v) is 19.2. The zero-order chi connectivity index (χ0) is 18.5. The molecule has 0 unspecified atom stereocenters. The molecule has 0 heterocycles. The maximum absolute atomic E-state index is 6.18. The molecule has 0 spiro atoms. The monoisotopic (exact) mass is 437 g/mol. The van der Waals surface area contributed by atoms with E-state index >= 15 is 0 Å². The lowest BCUT2D eigenvalue weighted by Gasteiger charge is -2.28. The van der Waals surface area contributed by atoms with Gasteiger partial charge in [0, 0.05) is 0 Å². The van der Waals surface area contributed by atoms with Crippen molar-refractivity contribution < 1.29 is 0 Å². The highest BCUT2D eigenvalue weighted by molar-refractivity contribution is 7.95. The van der Waals surface area contributed by atoms with Gasteiger partial charge in [0.2, 0.25) is 0 Å². The molecule has 0 saturated carbocycles. The molecule has 0 saturated heterocycles. The fourth-order valence-electron chi connectivity index (χ4n) is 3.40. The second-order valence-electron chi connectivity index (χ2n) is 6.26. The number of halogens is 3. The fourth-order valence-corrected chi connectivity index (χ4v) is 9.82. The summed E-state index contributed by atoms with van der Waals surface area (Å²) in [6.07, 6.45) is 1.92. The van der Waals surface area contributed by atoms with Crippen LogP contribution in [0.3, 0.4) is 0 Å². The highest BCUT2D eigenvalue weighted by Gasteiger charge is 2.45.